The van der Waals surface area contributed by atoms with E-state index in [1.165, 1.54) is 0 Å². The van der Waals surface area contributed by atoms with E-state index < -0.39 is 5.54 Å². The lowest BCUT2D eigenvalue weighted by atomic mass is 9.76. The van der Waals surface area contributed by atoms with Gasteiger partial charge in [-0.2, -0.15) is 0 Å². The second kappa shape index (κ2) is 5.05. The van der Waals surface area contributed by atoms with Crippen molar-refractivity contribution in [2.45, 2.75) is 83.8 Å². The van der Waals surface area contributed by atoms with Gasteiger partial charge < -0.3 is 10.2 Å². The zero-order chi connectivity index (χ0) is 15.1. The van der Waals surface area contributed by atoms with E-state index in [0.717, 1.165) is 32.1 Å². The van der Waals surface area contributed by atoms with Crippen LogP contribution in [-0.2, 0) is 9.59 Å². The summed E-state index contributed by atoms with van der Waals surface area (Å²) in [6, 6.07) is -0.352. The summed E-state index contributed by atoms with van der Waals surface area (Å²) in [6.07, 6.45) is 4.78. The molecular weight excluding hydrogens is 252 g/mol. The molecule has 1 saturated heterocycles. The summed E-state index contributed by atoms with van der Waals surface area (Å²) < 4.78 is 0. The minimum atomic E-state index is -0.631. The number of nitrogens with one attached hydrogen (secondary N) is 1. The number of nitrogens with zero attached hydrogens (tertiary/aromatic N) is 1. The zero-order valence-electron chi connectivity index (χ0n) is 13.5. The molecule has 2 amide bonds. The Morgan fingerprint density at radius 3 is 2.15 bits per heavy atom. The summed E-state index contributed by atoms with van der Waals surface area (Å²) in [5.41, 5.74) is -0.956. The fourth-order valence-corrected chi connectivity index (χ4v) is 3.65. The van der Waals surface area contributed by atoms with Crippen molar-refractivity contribution in [3.63, 3.8) is 0 Å². The predicted octanol–water partition coefficient (Wildman–Crippen LogP) is 2.47. The number of carbonyl (C=O) groups is 2. The molecule has 114 valence electrons. The summed E-state index contributed by atoms with van der Waals surface area (Å²) in [5.74, 6) is 0.276. The SMILES string of the molecule is CC(C)C1C(=O)NC2(CCCCC2)C(=O)N1C(C)(C)C. The molecule has 1 saturated carbocycles. The first kappa shape index (κ1) is 15.3. The van der Waals surface area contributed by atoms with Gasteiger partial charge in [0.05, 0.1) is 0 Å². The average molecular weight is 280 g/mol. The van der Waals surface area contributed by atoms with Gasteiger partial charge in [0.15, 0.2) is 0 Å². The maximum Gasteiger partial charge on any atom is 0.249 e. The molecule has 1 heterocycles. The molecule has 0 bridgehead atoms. The van der Waals surface area contributed by atoms with Crippen molar-refractivity contribution in [3.05, 3.63) is 0 Å². The molecule has 1 aliphatic carbocycles. The molecule has 2 rings (SSSR count). The lowest BCUT2D eigenvalue weighted by Gasteiger charge is -2.53. The van der Waals surface area contributed by atoms with Crippen LogP contribution in [0.3, 0.4) is 0 Å². The van der Waals surface area contributed by atoms with Crippen LogP contribution in [0.1, 0.15) is 66.7 Å². The Bertz CT molecular complexity index is 403. The number of hydrogen-bond acceptors (Lipinski definition) is 2. The monoisotopic (exact) mass is 280 g/mol. The maximum atomic E-state index is 13.1. The van der Waals surface area contributed by atoms with E-state index in [1.807, 2.05) is 39.5 Å². The highest BCUT2D eigenvalue weighted by Crippen LogP contribution is 2.37. The van der Waals surface area contributed by atoms with Gasteiger partial charge in [-0.15, -0.1) is 0 Å². The van der Waals surface area contributed by atoms with Gasteiger partial charge in [-0.25, -0.2) is 0 Å². The highest BCUT2D eigenvalue weighted by atomic mass is 16.2. The van der Waals surface area contributed by atoms with Crippen molar-refractivity contribution in [2.75, 3.05) is 0 Å². The molecular formula is C16H28N2O2. The van der Waals surface area contributed by atoms with E-state index in [2.05, 4.69) is 5.32 Å². The van der Waals surface area contributed by atoms with Crippen molar-refractivity contribution in [1.82, 2.24) is 10.2 Å². The molecule has 0 aromatic heterocycles. The van der Waals surface area contributed by atoms with Crippen LogP contribution in [0.5, 0.6) is 0 Å². The quantitative estimate of drug-likeness (QED) is 0.802. The molecule has 1 N–H and O–H groups in total. The number of rotatable bonds is 1. The largest absolute Gasteiger partial charge is 0.340 e. The molecule has 20 heavy (non-hydrogen) atoms. The van der Waals surface area contributed by atoms with E-state index in [4.69, 9.17) is 0 Å². The predicted molar refractivity (Wildman–Crippen MR) is 79.2 cm³/mol. The summed E-state index contributed by atoms with van der Waals surface area (Å²) in [7, 11) is 0. The molecule has 4 nitrogen and oxygen atoms in total. The van der Waals surface area contributed by atoms with Crippen LogP contribution in [0.4, 0.5) is 0 Å². The van der Waals surface area contributed by atoms with Crippen LogP contribution in [0.25, 0.3) is 0 Å². The van der Waals surface area contributed by atoms with Crippen molar-refractivity contribution in [2.24, 2.45) is 5.92 Å². The Labute approximate surface area is 122 Å². The Hall–Kier alpha value is -1.06. The zero-order valence-corrected chi connectivity index (χ0v) is 13.5. The van der Waals surface area contributed by atoms with Crippen molar-refractivity contribution < 1.29 is 9.59 Å². The Morgan fingerprint density at radius 2 is 1.70 bits per heavy atom. The van der Waals surface area contributed by atoms with Gasteiger partial charge in [0.1, 0.15) is 11.6 Å². The second-order valence-corrected chi connectivity index (χ2v) is 7.67. The van der Waals surface area contributed by atoms with Crippen LogP contribution in [0.15, 0.2) is 0 Å². The third-order valence-electron chi connectivity index (χ3n) is 4.60. The molecule has 2 aliphatic rings. The third kappa shape index (κ3) is 2.45. The minimum Gasteiger partial charge on any atom is -0.340 e. The summed E-state index contributed by atoms with van der Waals surface area (Å²) in [5, 5.41) is 3.08. The smallest absolute Gasteiger partial charge is 0.249 e. The molecule has 1 unspecified atom stereocenters. The normalized spacial score (nSPS) is 27.1. The Morgan fingerprint density at radius 1 is 1.15 bits per heavy atom. The van der Waals surface area contributed by atoms with E-state index >= 15 is 0 Å². The van der Waals surface area contributed by atoms with E-state index in [-0.39, 0.29) is 29.3 Å². The first-order valence-corrected chi connectivity index (χ1v) is 7.85. The van der Waals surface area contributed by atoms with Crippen LogP contribution >= 0.6 is 0 Å². The van der Waals surface area contributed by atoms with Crippen molar-refractivity contribution >= 4 is 11.8 Å². The highest BCUT2D eigenvalue weighted by molar-refractivity contribution is 6.00. The van der Waals surface area contributed by atoms with Gasteiger partial charge in [0.2, 0.25) is 11.8 Å². The van der Waals surface area contributed by atoms with Gasteiger partial charge in [0.25, 0.3) is 0 Å². The number of carbonyl (C=O) groups excluding carboxylic acids is 2. The average Bonchev–Trinajstić information content (AvgIpc) is 2.32. The fraction of sp³-hybridized carbons (Fsp3) is 0.875. The molecule has 0 aromatic carbocycles. The summed E-state index contributed by atoms with van der Waals surface area (Å²) in [4.78, 5) is 27.6. The fourth-order valence-electron chi connectivity index (χ4n) is 3.65. The molecule has 4 heteroatoms. The summed E-state index contributed by atoms with van der Waals surface area (Å²) in [6.45, 7) is 10.1. The molecule has 2 fully saturated rings. The highest BCUT2D eigenvalue weighted by Gasteiger charge is 2.54. The van der Waals surface area contributed by atoms with Crippen molar-refractivity contribution in [3.8, 4) is 0 Å². The Kier molecular flexibility index (Phi) is 3.87. The third-order valence-corrected chi connectivity index (χ3v) is 4.60. The number of amides is 2. The van der Waals surface area contributed by atoms with E-state index in [0.29, 0.717) is 0 Å². The molecule has 1 aliphatic heterocycles. The van der Waals surface area contributed by atoms with Gasteiger partial charge in [-0.3, -0.25) is 9.59 Å². The first-order chi connectivity index (χ1) is 9.19. The topological polar surface area (TPSA) is 49.4 Å². The minimum absolute atomic E-state index is 0.0245. The molecule has 1 spiro atoms. The molecule has 0 radical (unpaired) electrons. The van der Waals surface area contributed by atoms with Crippen LogP contribution in [0, 0.1) is 5.92 Å². The van der Waals surface area contributed by atoms with Gasteiger partial charge in [-0.05, 0) is 39.5 Å². The van der Waals surface area contributed by atoms with Crippen LogP contribution < -0.4 is 5.32 Å². The van der Waals surface area contributed by atoms with Gasteiger partial charge in [-0.1, -0.05) is 33.1 Å². The summed E-state index contributed by atoms with van der Waals surface area (Å²) >= 11 is 0. The standard InChI is InChI=1S/C16H28N2O2/c1-11(2)12-13(19)17-16(9-7-6-8-10-16)14(20)18(12)15(3,4)5/h11-12H,6-10H2,1-5H3,(H,17,19). The van der Waals surface area contributed by atoms with Gasteiger partial charge >= 0.3 is 0 Å². The maximum absolute atomic E-state index is 13.1. The number of piperazine rings is 1. The van der Waals surface area contributed by atoms with Gasteiger partial charge in [0, 0.05) is 5.54 Å². The molecule has 0 aromatic rings. The van der Waals surface area contributed by atoms with Crippen molar-refractivity contribution in [1.29, 1.82) is 0 Å². The number of hydrogen-bond donors (Lipinski definition) is 1. The second-order valence-electron chi connectivity index (χ2n) is 7.67. The lowest BCUT2D eigenvalue weighted by molar-refractivity contribution is -0.165. The molecule has 1 atom stereocenters. The van der Waals surface area contributed by atoms with Crippen LogP contribution in [0.2, 0.25) is 0 Å². The lowest BCUT2D eigenvalue weighted by Crippen LogP contribution is -2.74. The Balaban J connectivity index is 2.41. The van der Waals surface area contributed by atoms with E-state index in [1.54, 1.807) is 0 Å². The van der Waals surface area contributed by atoms with E-state index in [9.17, 15) is 9.59 Å². The first-order valence-electron chi connectivity index (χ1n) is 7.85. The van der Waals surface area contributed by atoms with Crippen LogP contribution in [-0.4, -0.2) is 33.8 Å².